The Labute approximate surface area is 173 Å². The molecule has 1 aromatic heterocycles. The molecule has 4 aromatic carbocycles. The zero-order chi connectivity index (χ0) is 20.5. The first-order valence-electron chi connectivity index (χ1n) is 9.72. The summed E-state index contributed by atoms with van der Waals surface area (Å²) in [5.41, 5.74) is 5.18. The van der Waals surface area contributed by atoms with Crippen molar-refractivity contribution in [1.29, 1.82) is 0 Å². The van der Waals surface area contributed by atoms with E-state index in [1.54, 1.807) is 6.07 Å². The van der Waals surface area contributed by atoms with Crippen molar-refractivity contribution in [2.24, 2.45) is 0 Å². The predicted octanol–water partition coefficient (Wildman–Crippen LogP) is 7.13. The van der Waals surface area contributed by atoms with Crippen LogP contribution in [0, 0.1) is 0 Å². The van der Waals surface area contributed by atoms with E-state index in [9.17, 15) is 9.90 Å². The first-order chi connectivity index (χ1) is 14.7. The summed E-state index contributed by atoms with van der Waals surface area (Å²) in [6, 6.07) is 33.0. The van der Waals surface area contributed by atoms with Crippen LogP contribution in [0.4, 0.5) is 0 Å². The van der Waals surface area contributed by atoms with Crippen molar-refractivity contribution in [2.75, 3.05) is 0 Å². The number of carbonyl (C=O) groups is 1. The number of carboxylic acid groups (broad SMARTS) is 1. The first kappa shape index (κ1) is 18.0. The minimum atomic E-state index is -0.977. The van der Waals surface area contributed by atoms with Gasteiger partial charge in [0.05, 0.1) is 5.56 Å². The molecular weight excluding hydrogens is 372 g/mol. The van der Waals surface area contributed by atoms with Gasteiger partial charge in [-0.25, -0.2) is 4.79 Å². The highest BCUT2D eigenvalue weighted by Crippen LogP contribution is 2.43. The van der Waals surface area contributed by atoms with Crippen molar-refractivity contribution in [1.82, 2.24) is 0 Å². The number of hydrogen-bond acceptors (Lipinski definition) is 2. The van der Waals surface area contributed by atoms with Crippen LogP contribution in [0.5, 0.6) is 0 Å². The summed E-state index contributed by atoms with van der Waals surface area (Å²) in [7, 11) is 0. The lowest BCUT2D eigenvalue weighted by Gasteiger charge is -2.07. The second-order valence-electron chi connectivity index (χ2n) is 7.11. The van der Waals surface area contributed by atoms with Gasteiger partial charge in [-0.3, -0.25) is 0 Å². The Morgan fingerprint density at radius 2 is 1.17 bits per heavy atom. The predicted molar refractivity (Wildman–Crippen MR) is 119 cm³/mol. The number of hydrogen-bond donors (Lipinski definition) is 1. The molecule has 0 spiro atoms. The maximum absolute atomic E-state index is 12.3. The molecule has 0 unspecified atom stereocenters. The lowest BCUT2D eigenvalue weighted by molar-refractivity contribution is 0.0699. The van der Waals surface area contributed by atoms with Gasteiger partial charge in [0.15, 0.2) is 0 Å². The van der Waals surface area contributed by atoms with Crippen molar-refractivity contribution in [3.05, 3.63) is 109 Å². The van der Waals surface area contributed by atoms with E-state index < -0.39 is 5.97 Å². The lowest BCUT2D eigenvalue weighted by Crippen LogP contribution is -1.98. The topological polar surface area (TPSA) is 50.4 Å². The van der Waals surface area contributed by atoms with E-state index in [1.165, 1.54) is 0 Å². The van der Waals surface area contributed by atoms with Gasteiger partial charge in [0, 0.05) is 16.5 Å². The number of aromatic carboxylic acids is 1. The van der Waals surface area contributed by atoms with Gasteiger partial charge >= 0.3 is 5.97 Å². The summed E-state index contributed by atoms with van der Waals surface area (Å²) < 4.78 is 6.33. The summed E-state index contributed by atoms with van der Waals surface area (Å²) >= 11 is 0. The Bertz CT molecular complexity index is 1340. The van der Waals surface area contributed by atoms with Gasteiger partial charge in [-0.1, -0.05) is 91.0 Å². The van der Waals surface area contributed by atoms with Crippen LogP contribution in [0.2, 0.25) is 0 Å². The van der Waals surface area contributed by atoms with Crippen LogP contribution in [-0.4, -0.2) is 11.1 Å². The van der Waals surface area contributed by atoms with Gasteiger partial charge in [0.2, 0.25) is 0 Å². The van der Waals surface area contributed by atoms with E-state index >= 15 is 0 Å². The van der Waals surface area contributed by atoms with E-state index in [0.717, 1.165) is 27.8 Å². The molecule has 0 saturated carbocycles. The maximum Gasteiger partial charge on any atom is 0.336 e. The minimum absolute atomic E-state index is 0.233. The third-order valence-corrected chi connectivity index (χ3v) is 5.23. The summed E-state index contributed by atoms with van der Waals surface area (Å²) in [6.07, 6.45) is 0. The average Bonchev–Trinajstić information content (AvgIpc) is 3.19. The third kappa shape index (κ3) is 3.07. The zero-order valence-corrected chi connectivity index (χ0v) is 16.1. The summed E-state index contributed by atoms with van der Waals surface area (Å²) in [4.78, 5) is 12.3. The minimum Gasteiger partial charge on any atom is -0.478 e. The van der Waals surface area contributed by atoms with E-state index in [0.29, 0.717) is 16.7 Å². The Kier molecular flexibility index (Phi) is 4.41. The average molecular weight is 390 g/mol. The van der Waals surface area contributed by atoms with Gasteiger partial charge in [0.25, 0.3) is 0 Å². The summed E-state index contributed by atoms with van der Waals surface area (Å²) in [5.74, 6) is -0.306. The molecule has 5 rings (SSSR count). The number of furan rings is 1. The van der Waals surface area contributed by atoms with E-state index in [2.05, 4.69) is 0 Å². The number of fused-ring (bicyclic) bond motifs is 1. The normalized spacial score (nSPS) is 10.9. The second-order valence-corrected chi connectivity index (χ2v) is 7.11. The van der Waals surface area contributed by atoms with Gasteiger partial charge in [-0.15, -0.1) is 0 Å². The van der Waals surface area contributed by atoms with Gasteiger partial charge in [-0.2, -0.15) is 0 Å². The van der Waals surface area contributed by atoms with Crippen molar-refractivity contribution in [3.63, 3.8) is 0 Å². The molecule has 1 heterocycles. The molecule has 3 nitrogen and oxygen atoms in total. The zero-order valence-electron chi connectivity index (χ0n) is 16.1. The molecule has 144 valence electrons. The molecule has 1 N–H and O–H groups in total. The van der Waals surface area contributed by atoms with Crippen LogP contribution in [0.1, 0.15) is 10.4 Å². The van der Waals surface area contributed by atoms with Crippen LogP contribution >= 0.6 is 0 Å². The molecule has 0 atom stereocenters. The Morgan fingerprint density at radius 1 is 0.633 bits per heavy atom. The molecule has 0 aliphatic rings. The molecule has 0 aliphatic heterocycles. The van der Waals surface area contributed by atoms with Gasteiger partial charge in [0.1, 0.15) is 11.3 Å². The lowest BCUT2D eigenvalue weighted by atomic mass is 9.93. The first-order valence-corrected chi connectivity index (χ1v) is 9.72. The van der Waals surface area contributed by atoms with Crippen LogP contribution < -0.4 is 0 Å². The third-order valence-electron chi connectivity index (χ3n) is 5.23. The van der Waals surface area contributed by atoms with Crippen LogP contribution in [0.15, 0.2) is 108 Å². The van der Waals surface area contributed by atoms with E-state index in [1.807, 2.05) is 97.1 Å². The van der Waals surface area contributed by atoms with Crippen LogP contribution in [0.25, 0.3) is 44.5 Å². The van der Waals surface area contributed by atoms with Crippen molar-refractivity contribution >= 4 is 16.9 Å². The molecule has 0 radical (unpaired) electrons. The number of rotatable bonds is 4. The van der Waals surface area contributed by atoms with Crippen molar-refractivity contribution in [3.8, 4) is 33.6 Å². The fraction of sp³-hybridized carbons (Fsp3) is 0. The Balaban J connectivity index is 1.88. The van der Waals surface area contributed by atoms with Crippen LogP contribution in [0.3, 0.4) is 0 Å². The molecule has 0 saturated heterocycles. The number of benzene rings is 4. The van der Waals surface area contributed by atoms with Gasteiger partial charge < -0.3 is 9.52 Å². The maximum atomic E-state index is 12.3. The van der Waals surface area contributed by atoms with Crippen molar-refractivity contribution in [2.45, 2.75) is 0 Å². The molecule has 5 aromatic rings. The molecular formula is C27H18O3. The quantitative estimate of drug-likeness (QED) is 0.355. The molecule has 3 heteroatoms. The highest BCUT2D eigenvalue weighted by Gasteiger charge is 2.23. The number of carboxylic acids is 1. The smallest absolute Gasteiger partial charge is 0.336 e. The monoisotopic (exact) mass is 390 g/mol. The standard InChI is InChI=1S/C27H18O3/c28-27(29)22-16-21(18-10-4-1-5-11-18)17-23-25(22)24(19-12-6-2-7-13-19)26(30-23)20-14-8-3-9-15-20/h1-17H,(H,28,29). The summed E-state index contributed by atoms with van der Waals surface area (Å²) in [6.45, 7) is 0. The molecule has 0 aliphatic carbocycles. The Hall–Kier alpha value is -4.11. The van der Waals surface area contributed by atoms with Crippen molar-refractivity contribution < 1.29 is 14.3 Å². The highest BCUT2D eigenvalue weighted by molar-refractivity contribution is 6.13. The highest BCUT2D eigenvalue weighted by atomic mass is 16.4. The van der Waals surface area contributed by atoms with Gasteiger partial charge in [-0.05, 0) is 28.8 Å². The molecule has 0 amide bonds. The van der Waals surface area contributed by atoms with Crippen LogP contribution in [-0.2, 0) is 0 Å². The van der Waals surface area contributed by atoms with E-state index in [-0.39, 0.29) is 5.56 Å². The molecule has 30 heavy (non-hydrogen) atoms. The second kappa shape index (κ2) is 7.37. The molecule has 0 fully saturated rings. The largest absolute Gasteiger partial charge is 0.478 e. The molecule has 0 bridgehead atoms. The Morgan fingerprint density at radius 3 is 1.73 bits per heavy atom. The SMILES string of the molecule is O=C(O)c1cc(-c2ccccc2)cc2oc(-c3ccccc3)c(-c3ccccc3)c12. The van der Waals surface area contributed by atoms with E-state index in [4.69, 9.17) is 4.42 Å². The summed E-state index contributed by atoms with van der Waals surface area (Å²) in [5, 5.41) is 10.7. The fourth-order valence-corrected chi connectivity index (χ4v) is 3.87. The fourth-order valence-electron chi connectivity index (χ4n) is 3.87.